The maximum absolute atomic E-state index is 5.80. The number of nitrogens with one attached hydrogen (secondary N) is 1. The smallest absolute Gasteiger partial charge is 0.141 e. The molecule has 4 heteroatoms. The molecule has 94 valence electrons. The largest absolute Gasteiger partial charge is 0.456 e. The van der Waals surface area contributed by atoms with Crippen LogP contribution < -0.4 is 10.1 Å². The van der Waals surface area contributed by atoms with Gasteiger partial charge in [-0.3, -0.25) is 0 Å². The average molecular weight is 307 g/mol. The maximum Gasteiger partial charge on any atom is 0.141 e. The fourth-order valence-corrected chi connectivity index (χ4v) is 1.84. The van der Waals surface area contributed by atoms with Crippen molar-refractivity contribution in [2.24, 2.45) is 0 Å². The van der Waals surface area contributed by atoms with Crippen LogP contribution in [0.5, 0.6) is 11.5 Å². The van der Waals surface area contributed by atoms with Gasteiger partial charge in [-0.05, 0) is 40.5 Å². The molecule has 0 aliphatic carbocycles. The Bertz CT molecular complexity index is 517. The number of nitrogens with zero attached hydrogens (tertiary/aromatic N) is 1. The normalized spacial score (nSPS) is 10.1. The molecule has 1 N–H and O–H groups in total. The summed E-state index contributed by atoms with van der Waals surface area (Å²) in [5.74, 6) is 2.40. The number of hydrogen-bond acceptors (Lipinski definition) is 3. The Balaban J connectivity index is 2.12. The van der Waals surface area contributed by atoms with E-state index in [4.69, 9.17) is 4.74 Å². The van der Waals surface area contributed by atoms with E-state index in [2.05, 4.69) is 33.2 Å². The molecule has 0 saturated carbocycles. The Labute approximate surface area is 115 Å². The lowest BCUT2D eigenvalue weighted by atomic mass is 10.3. The lowest BCUT2D eigenvalue weighted by Gasteiger charge is -2.09. The van der Waals surface area contributed by atoms with Crippen LogP contribution in [0, 0.1) is 0 Å². The third-order valence-corrected chi connectivity index (χ3v) is 3.01. The number of para-hydroxylation sites is 1. The van der Waals surface area contributed by atoms with Crippen LogP contribution in [0.3, 0.4) is 0 Å². The molecular formula is C14H15BrN2O. The van der Waals surface area contributed by atoms with E-state index >= 15 is 0 Å². The minimum absolute atomic E-state index is 0.774. The van der Waals surface area contributed by atoms with E-state index < -0.39 is 0 Å². The second kappa shape index (κ2) is 6.40. The van der Waals surface area contributed by atoms with Crippen LogP contribution in [0.4, 0.5) is 5.82 Å². The highest BCUT2D eigenvalue weighted by Crippen LogP contribution is 2.29. The maximum atomic E-state index is 5.80. The Morgan fingerprint density at radius 3 is 2.89 bits per heavy atom. The highest BCUT2D eigenvalue weighted by atomic mass is 79.9. The summed E-state index contributed by atoms with van der Waals surface area (Å²) in [5, 5.41) is 3.23. The summed E-state index contributed by atoms with van der Waals surface area (Å²) in [5.41, 5.74) is 0. The van der Waals surface area contributed by atoms with Gasteiger partial charge in [0.25, 0.3) is 0 Å². The molecular weight excluding hydrogens is 292 g/mol. The van der Waals surface area contributed by atoms with Gasteiger partial charge in [0, 0.05) is 18.8 Å². The Morgan fingerprint density at radius 1 is 1.28 bits per heavy atom. The Hall–Kier alpha value is -1.55. The van der Waals surface area contributed by atoms with Gasteiger partial charge in [-0.25, -0.2) is 4.98 Å². The number of hydrogen-bond donors (Lipinski definition) is 1. The Kier molecular flexibility index (Phi) is 4.59. The van der Waals surface area contributed by atoms with E-state index in [-0.39, 0.29) is 0 Å². The van der Waals surface area contributed by atoms with Crippen LogP contribution in [-0.4, -0.2) is 11.5 Å². The molecule has 1 aromatic carbocycles. The van der Waals surface area contributed by atoms with Gasteiger partial charge >= 0.3 is 0 Å². The quantitative estimate of drug-likeness (QED) is 0.885. The topological polar surface area (TPSA) is 34.1 Å². The predicted molar refractivity (Wildman–Crippen MR) is 77.2 cm³/mol. The van der Waals surface area contributed by atoms with Gasteiger partial charge in [0.15, 0.2) is 0 Å². The molecule has 0 radical (unpaired) electrons. The first-order valence-corrected chi connectivity index (χ1v) is 6.71. The van der Waals surface area contributed by atoms with Crippen molar-refractivity contribution in [2.45, 2.75) is 13.3 Å². The van der Waals surface area contributed by atoms with Gasteiger partial charge in [0.1, 0.15) is 17.3 Å². The average Bonchev–Trinajstić information content (AvgIpc) is 2.40. The summed E-state index contributed by atoms with van der Waals surface area (Å²) < 4.78 is 6.74. The molecule has 2 rings (SSSR count). The lowest BCUT2D eigenvalue weighted by molar-refractivity contribution is 0.479. The third-order valence-electron chi connectivity index (χ3n) is 2.35. The van der Waals surface area contributed by atoms with Gasteiger partial charge in [0.05, 0.1) is 4.47 Å². The first-order chi connectivity index (χ1) is 8.79. The summed E-state index contributed by atoms with van der Waals surface area (Å²) in [6.07, 6.45) is 2.81. The molecule has 0 saturated heterocycles. The third kappa shape index (κ3) is 3.47. The zero-order chi connectivity index (χ0) is 12.8. The van der Waals surface area contributed by atoms with E-state index in [9.17, 15) is 0 Å². The number of aromatic nitrogens is 1. The lowest BCUT2D eigenvalue weighted by Crippen LogP contribution is -2.01. The van der Waals surface area contributed by atoms with Gasteiger partial charge in [0.2, 0.25) is 0 Å². The molecule has 1 heterocycles. The van der Waals surface area contributed by atoms with Gasteiger partial charge in [-0.2, -0.15) is 0 Å². The number of halogens is 1. The highest BCUT2D eigenvalue weighted by Gasteiger charge is 2.02. The number of rotatable bonds is 5. The van der Waals surface area contributed by atoms with Gasteiger partial charge < -0.3 is 10.1 Å². The van der Waals surface area contributed by atoms with E-state index in [1.165, 1.54) is 0 Å². The Morgan fingerprint density at radius 2 is 2.11 bits per heavy atom. The van der Waals surface area contributed by atoms with Crippen molar-refractivity contribution in [3.05, 3.63) is 47.1 Å². The molecule has 0 aliphatic heterocycles. The molecule has 0 fully saturated rings. The molecule has 3 nitrogen and oxygen atoms in total. The van der Waals surface area contributed by atoms with Crippen molar-refractivity contribution < 1.29 is 4.74 Å². The summed E-state index contributed by atoms with van der Waals surface area (Å²) in [6, 6.07) is 11.5. The van der Waals surface area contributed by atoms with E-state index in [0.29, 0.717) is 0 Å². The highest BCUT2D eigenvalue weighted by molar-refractivity contribution is 9.10. The van der Waals surface area contributed by atoms with Crippen molar-refractivity contribution in [1.29, 1.82) is 0 Å². The number of ether oxygens (including phenoxy) is 1. The van der Waals surface area contributed by atoms with E-state index in [1.54, 1.807) is 6.20 Å². The molecule has 2 aromatic rings. The van der Waals surface area contributed by atoms with Crippen LogP contribution in [0.15, 0.2) is 47.1 Å². The van der Waals surface area contributed by atoms with Gasteiger partial charge in [-0.1, -0.05) is 19.1 Å². The van der Waals surface area contributed by atoms with Crippen LogP contribution in [0.2, 0.25) is 0 Å². The molecule has 1 aromatic heterocycles. The zero-order valence-corrected chi connectivity index (χ0v) is 11.8. The van der Waals surface area contributed by atoms with Crippen molar-refractivity contribution in [1.82, 2.24) is 4.98 Å². The predicted octanol–water partition coefficient (Wildman–Crippen LogP) is 4.46. The van der Waals surface area contributed by atoms with Crippen molar-refractivity contribution >= 4 is 21.7 Å². The molecule has 0 bridgehead atoms. The standard InChI is InChI=1S/C14H15BrN2O/c1-2-8-16-14-10-11(7-9-17-14)18-13-6-4-3-5-12(13)15/h3-7,9-10H,2,8H2,1H3,(H,16,17). The molecule has 0 atom stereocenters. The molecule has 18 heavy (non-hydrogen) atoms. The summed E-state index contributed by atoms with van der Waals surface area (Å²) in [6.45, 7) is 3.03. The van der Waals surface area contributed by atoms with Crippen molar-refractivity contribution in [2.75, 3.05) is 11.9 Å². The van der Waals surface area contributed by atoms with Crippen molar-refractivity contribution in [3.63, 3.8) is 0 Å². The number of anilines is 1. The fourth-order valence-electron chi connectivity index (χ4n) is 1.48. The van der Waals surface area contributed by atoms with Crippen LogP contribution >= 0.6 is 15.9 Å². The molecule has 0 spiro atoms. The number of benzene rings is 1. The van der Waals surface area contributed by atoms with Crippen molar-refractivity contribution in [3.8, 4) is 11.5 Å². The number of pyridine rings is 1. The second-order valence-electron chi connectivity index (χ2n) is 3.84. The molecule has 0 aliphatic rings. The summed E-state index contributed by atoms with van der Waals surface area (Å²) in [7, 11) is 0. The van der Waals surface area contributed by atoms with Crippen LogP contribution in [0.1, 0.15) is 13.3 Å². The summed E-state index contributed by atoms with van der Waals surface area (Å²) in [4.78, 5) is 4.24. The zero-order valence-electron chi connectivity index (χ0n) is 10.2. The molecule has 0 unspecified atom stereocenters. The van der Waals surface area contributed by atoms with E-state index in [0.717, 1.165) is 34.8 Å². The second-order valence-corrected chi connectivity index (χ2v) is 4.69. The monoisotopic (exact) mass is 306 g/mol. The minimum Gasteiger partial charge on any atom is -0.456 e. The van der Waals surface area contributed by atoms with Gasteiger partial charge in [-0.15, -0.1) is 0 Å². The first-order valence-electron chi connectivity index (χ1n) is 5.92. The first kappa shape index (κ1) is 12.9. The van der Waals surface area contributed by atoms with Crippen LogP contribution in [0.25, 0.3) is 0 Å². The summed E-state index contributed by atoms with van der Waals surface area (Å²) >= 11 is 3.46. The SMILES string of the molecule is CCCNc1cc(Oc2ccccc2Br)ccn1. The molecule has 0 amide bonds. The minimum atomic E-state index is 0.774. The fraction of sp³-hybridized carbons (Fsp3) is 0.214. The van der Waals surface area contributed by atoms with Crippen LogP contribution in [-0.2, 0) is 0 Å². The van der Waals surface area contributed by atoms with E-state index in [1.807, 2.05) is 36.4 Å².